The molecule has 0 bridgehead atoms. The molecule has 4 N–H and O–H groups in total. The van der Waals surface area contributed by atoms with Crippen molar-refractivity contribution in [3.8, 4) is 0 Å². The number of nitrogens with one attached hydrogen (secondary N) is 1. The molecule has 1 aliphatic rings. The van der Waals surface area contributed by atoms with Crippen LogP contribution in [0.25, 0.3) is 0 Å². The van der Waals surface area contributed by atoms with Crippen molar-refractivity contribution in [2.24, 2.45) is 5.73 Å². The Balaban J connectivity index is 2.06. The Bertz CT molecular complexity index is 473. The highest BCUT2D eigenvalue weighted by Crippen LogP contribution is 2.28. The quantitative estimate of drug-likeness (QED) is 0.569. The van der Waals surface area contributed by atoms with Crippen LogP contribution in [0.2, 0.25) is 5.02 Å². The largest absolute Gasteiger partial charge is 0.394 e. The standard InChI is InChI=1S/C14H20ClN3O2/c15-10-1-2-12(14(16)17)13(9-10)18-5-3-11(4-6-18)20-8-7-19/h1-2,9,11,19H,3-8H2,(H3,16,17). The maximum absolute atomic E-state index is 8.77. The van der Waals surface area contributed by atoms with E-state index in [9.17, 15) is 0 Å². The highest BCUT2D eigenvalue weighted by Gasteiger charge is 2.22. The van der Waals surface area contributed by atoms with Crippen molar-refractivity contribution in [2.45, 2.75) is 18.9 Å². The van der Waals surface area contributed by atoms with Crippen molar-refractivity contribution in [1.82, 2.24) is 0 Å². The van der Waals surface area contributed by atoms with Crippen molar-refractivity contribution < 1.29 is 9.84 Å². The number of nitrogens with two attached hydrogens (primary N) is 1. The number of aliphatic hydroxyl groups excluding tert-OH is 1. The maximum atomic E-state index is 8.77. The number of aliphatic hydroxyl groups is 1. The van der Waals surface area contributed by atoms with Crippen LogP contribution >= 0.6 is 11.6 Å². The zero-order valence-electron chi connectivity index (χ0n) is 11.3. The van der Waals surface area contributed by atoms with Crippen molar-refractivity contribution in [1.29, 1.82) is 5.41 Å². The summed E-state index contributed by atoms with van der Waals surface area (Å²) in [7, 11) is 0. The van der Waals surface area contributed by atoms with Crippen LogP contribution in [0.3, 0.4) is 0 Å². The number of rotatable bonds is 5. The first kappa shape index (κ1) is 15.1. The first-order chi connectivity index (χ1) is 9.61. The Morgan fingerprint density at radius 3 is 2.75 bits per heavy atom. The maximum Gasteiger partial charge on any atom is 0.124 e. The van der Waals surface area contributed by atoms with Crippen molar-refractivity contribution in [2.75, 3.05) is 31.2 Å². The van der Waals surface area contributed by atoms with Gasteiger partial charge in [-0.05, 0) is 31.0 Å². The average Bonchev–Trinajstić information content (AvgIpc) is 2.45. The van der Waals surface area contributed by atoms with Gasteiger partial charge < -0.3 is 20.5 Å². The molecule has 5 nitrogen and oxygen atoms in total. The number of ether oxygens (including phenoxy) is 1. The molecule has 0 amide bonds. The number of hydrogen-bond acceptors (Lipinski definition) is 4. The predicted molar refractivity (Wildman–Crippen MR) is 80.7 cm³/mol. The molecule has 1 fully saturated rings. The summed E-state index contributed by atoms with van der Waals surface area (Å²) in [6.45, 7) is 2.11. The molecule has 0 unspecified atom stereocenters. The average molecular weight is 298 g/mol. The van der Waals surface area contributed by atoms with Gasteiger partial charge >= 0.3 is 0 Å². The predicted octanol–water partition coefficient (Wildman–Crippen LogP) is 1.60. The zero-order valence-corrected chi connectivity index (χ0v) is 12.1. The molecule has 1 aromatic carbocycles. The monoisotopic (exact) mass is 297 g/mol. The fraction of sp³-hybridized carbons (Fsp3) is 0.500. The van der Waals surface area contributed by atoms with Gasteiger partial charge in [-0.1, -0.05) is 11.6 Å². The third-order valence-corrected chi connectivity index (χ3v) is 3.71. The molecule has 6 heteroatoms. The Morgan fingerprint density at radius 1 is 1.45 bits per heavy atom. The summed E-state index contributed by atoms with van der Waals surface area (Å²) in [4.78, 5) is 2.18. The Labute approximate surface area is 123 Å². The lowest BCUT2D eigenvalue weighted by molar-refractivity contribution is 0.0159. The number of anilines is 1. The van der Waals surface area contributed by atoms with Crippen molar-refractivity contribution in [3.05, 3.63) is 28.8 Å². The van der Waals surface area contributed by atoms with Gasteiger partial charge in [0.25, 0.3) is 0 Å². The molecule has 1 saturated heterocycles. The molecule has 0 aromatic heterocycles. The van der Waals surface area contributed by atoms with E-state index in [1.807, 2.05) is 6.07 Å². The van der Waals surface area contributed by atoms with Crippen molar-refractivity contribution >= 4 is 23.1 Å². The van der Waals surface area contributed by atoms with Gasteiger partial charge in [-0.3, -0.25) is 5.41 Å². The van der Waals surface area contributed by atoms with Crippen LogP contribution in [0.4, 0.5) is 5.69 Å². The Morgan fingerprint density at radius 2 is 2.15 bits per heavy atom. The van der Waals surface area contributed by atoms with Gasteiger partial charge in [-0.15, -0.1) is 0 Å². The Hall–Kier alpha value is -1.30. The van der Waals surface area contributed by atoms with Gasteiger partial charge in [-0.2, -0.15) is 0 Å². The molecule has 0 saturated carbocycles. The normalized spacial score (nSPS) is 16.4. The minimum absolute atomic E-state index is 0.0512. The van der Waals surface area contributed by atoms with Gasteiger partial charge in [0.05, 0.1) is 19.3 Å². The van der Waals surface area contributed by atoms with Gasteiger partial charge in [0.15, 0.2) is 0 Å². The number of benzene rings is 1. The van der Waals surface area contributed by atoms with E-state index in [1.54, 1.807) is 12.1 Å². The fourth-order valence-electron chi connectivity index (χ4n) is 2.48. The molecule has 1 aromatic rings. The second-order valence-corrected chi connectivity index (χ2v) is 5.29. The number of nitrogens with zero attached hydrogens (tertiary/aromatic N) is 1. The van der Waals surface area contributed by atoms with E-state index in [0.717, 1.165) is 31.6 Å². The summed E-state index contributed by atoms with van der Waals surface area (Å²) in [5.74, 6) is 0.0512. The van der Waals surface area contributed by atoms with Crippen LogP contribution in [0.1, 0.15) is 18.4 Å². The molecular weight excluding hydrogens is 278 g/mol. The second-order valence-electron chi connectivity index (χ2n) is 4.86. The molecule has 20 heavy (non-hydrogen) atoms. The minimum atomic E-state index is 0.0512. The number of nitrogen functional groups attached to an aromatic ring is 1. The third kappa shape index (κ3) is 3.62. The molecule has 2 rings (SSSR count). The second kappa shape index (κ2) is 6.92. The van der Waals surface area contributed by atoms with Crippen LogP contribution in [0.15, 0.2) is 18.2 Å². The number of halogens is 1. The Kier molecular flexibility index (Phi) is 5.23. The van der Waals surface area contributed by atoms with E-state index in [-0.39, 0.29) is 18.5 Å². The molecule has 0 spiro atoms. The lowest BCUT2D eigenvalue weighted by Gasteiger charge is -2.34. The lowest BCUT2D eigenvalue weighted by atomic mass is 10.0. The van der Waals surface area contributed by atoms with Crippen LogP contribution in [0.5, 0.6) is 0 Å². The van der Waals surface area contributed by atoms with Crippen LogP contribution in [0, 0.1) is 5.41 Å². The number of amidine groups is 1. The molecule has 1 aliphatic heterocycles. The molecule has 0 atom stereocenters. The SMILES string of the molecule is N=C(N)c1ccc(Cl)cc1N1CCC(OCCO)CC1. The fourth-order valence-corrected chi connectivity index (χ4v) is 2.64. The molecule has 0 radical (unpaired) electrons. The molecular formula is C14H20ClN3O2. The van der Waals surface area contributed by atoms with E-state index in [4.69, 9.17) is 32.6 Å². The highest BCUT2D eigenvalue weighted by molar-refractivity contribution is 6.31. The summed E-state index contributed by atoms with van der Waals surface area (Å²) < 4.78 is 5.55. The topological polar surface area (TPSA) is 82.6 Å². The van der Waals surface area contributed by atoms with E-state index in [1.165, 1.54) is 0 Å². The summed E-state index contributed by atoms with van der Waals surface area (Å²) in [6.07, 6.45) is 1.98. The van der Waals surface area contributed by atoms with Crippen LogP contribution in [-0.4, -0.2) is 43.3 Å². The summed E-state index contributed by atoms with van der Waals surface area (Å²) in [6, 6.07) is 5.39. The van der Waals surface area contributed by atoms with Gasteiger partial charge in [0.2, 0.25) is 0 Å². The van der Waals surface area contributed by atoms with E-state index < -0.39 is 0 Å². The molecule has 1 heterocycles. The minimum Gasteiger partial charge on any atom is -0.394 e. The smallest absolute Gasteiger partial charge is 0.124 e. The van der Waals surface area contributed by atoms with E-state index in [2.05, 4.69) is 4.90 Å². The third-order valence-electron chi connectivity index (χ3n) is 3.48. The van der Waals surface area contributed by atoms with Crippen LogP contribution in [-0.2, 0) is 4.74 Å². The summed E-state index contributed by atoms with van der Waals surface area (Å²) >= 11 is 6.05. The summed E-state index contributed by atoms with van der Waals surface area (Å²) in [5, 5.41) is 17.1. The first-order valence-corrected chi connectivity index (χ1v) is 7.11. The first-order valence-electron chi connectivity index (χ1n) is 6.73. The lowest BCUT2D eigenvalue weighted by Crippen LogP contribution is -2.38. The van der Waals surface area contributed by atoms with Crippen molar-refractivity contribution in [3.63, 3.8) is 0 Å². The van der Waals surface area contributed by atoms with E-state index >= 15 is 0 Å². The van der Waals surface area contributed by atoms with Crippen LogP contribution < -0.4 is 10.6 Å². The number of hydrogen-bond donors (Lipinski definition) is 3. The highest BCUT2D eigenvalue weighted by atomic mass is 35.5. The number of piperidine rings is 1. The van der Waals surface area contributed by atoms with Gasteiger partial charge in [0.1, 0.15) is 5.84 Å². The molecule has 0 aliphatic carbocycles. The van der Waals surface area contributed by atoms with E-state index in [0.29, 0.717) is 17.2 Å². The molecule has 110 valence electrons. The summed E-state index contributed by atoms with van der Waals surface area (Å²) in [5.41, 5.74) is 7.25. The van der Waals surface area contributed by atoms with Gasteiger partial charge in [0, 0.05) is 29.4 Å². The van der Waals surface area contributed by atoms with Gasteiger partial charge in [-0.25, -0.2) is 0 Å². The zero-order chi connectivity index (χ0) is 14.5.